The highest BCUT2D eigenvalue weighted by Crippen LogP contribution is 2.19. The van der Waals surface area contributed by atoms with Crippen molar-refractivity contribution in [1.29, 1.82) is 0 Å². The summed E-state index contributed by atoms with van der Waals surface area (Å²) in [5.74, 6) is -0.141. The lowest BCUT2D eigenvalue weighted by atomic mass is 10.3. The van der Waals surface area contributed by atoms with E-state index in [0.29, 0.717) is 19.5 Å². The monoisotopic (exact) mass is 258 g/mol. The number of hydrogen-bond acceptors (Lipinski definition) is 4. The Hall–Kier alpha value is -1.41. The molecule has 0 aliphatic carbocycles. The SMILES string of the molecule is CC(=O)NC1CCN(S(=O)(=O)c2cn[nH]c2)C1. The molecule has 0 radical (unpaired) electrons. The van der Waals surface area contributed by atoms with Gasteiger partial charge >= 0.3 is 0 Å². The molecule has 94 valence electrons. The quantitative estimate of drug-likeness (QED) is 0.750. The summed E-state index contributed by atoms with van der Waals surface area (Å²) in [5, 5.41) is 8.82. The van der Waals surface area contributed by atoms with Crippen LogP contribution in [-0.4, -0.2) is 48.0 Å². The maximum absolute atomic E-state index is 12.1. The van der Waals surface area contributed by atoms with Crippen LogP contribution in [0.5, 0.6) is 0 Å². The second-order valence-electron chi connectivity index (χ2n) is 3.98. The molecule has 1 aromatic rings. The van der Waals surface area contributed by atoms with Crippen molar-refractivity contribution >= 4 is 15.9 Å². The molecule has 8 heteroatoms. The number of sulfonamides is 1. The number of aromatic amines is 1. The number of H-pyrrole nitrogens is 1. The van der Waals surface area contributed by atoms with Gasteiger partial charge in [0.2, 0.25) is 15.9 Å². The second kappa shape index (κ2) is 4.46. The Kier molecular flexibility index (Phi) is 3.16. The molecule has 1 atom stereocenters. The zero-order valence-corrected chi connectivity index (χ0v) is 10.2. The highest BCUT2D eigenvalue weighted by Gasteiger charge is 2.33. The van der Waals surface area contributed by atoms with E-state index < -0.39 is 10.0 Å². The number of nitrogens with one attached hydrogen (secondary N) is 2. The summed E-state index contributed by atoms with van der Waals surface area (Å²) >= 11 is 0. The first kappa shape index (κ1) is 12.1. The zero-order valence-electron chi connectivity index (χ0n) is 9.38. The lowest BCUT2D eigenvalue weighted by Crippen LogP contribution is -2.37. The Labute approximate surface area is 99.2 Å². The van der Waals surface area contributed by atoms with Crippen LogP contribution in [0.1, 0.15) is 13.3 Å². The van der Waals surface area contributed by atoms with E-state index in [1.807, 2.05) is 0 Å². The molecule has 0 aromatic carbocycles. The predicted molar refractivity (Wildman–Crippen MR) is 59.6 cm³/mol. The molecule has 1 aliphatic heterocycles. The Balaban J connectivity index is 2.08. The third-order valence-corrected chi connectivity index (χ3v) is 4.50. The Morgan fingerprint density at radius 2 is 2.41 bits per heavy atom. The maximum atomic E-state index is 12.1. The molecule has 0 saturated carbocycles. The summed E-state index contributed by atoms with van der Waals surface area (Å²) in [4.78, 5) is 11.0. The molecule has 2 N–H and O–H groups in total. The van der Waals surface area contributed by atoms with E-state index in [4.69, 9.17) is 0 Å². The fourth-order valence-electron chi connectivity index (χ4n) is 1.88. The third-order valence-electron chi connectivity index (χ3n) is 2.67. The van der Waals surface area contributed by atoms with Gasteiger partial charge in [0.1, 0.15) is 4.90 Å². The third kappa shape index (κ3) is 2.47. The van der Waals surface area contributed by atoms with Crippen LogP contribution in [0, 0.1) is 0 Å². The van der Waals surface area contributed by atoms with Gasteiger partial charge in [0.15, 0.2) is 0 Å². The fraction of sp³-hybridized carbons (Fsp3) is 0.556. The summed E-state index contributed by atoms with van der Waals surface area (Å²) in [6, 6.07) is -0.103. The van der Waals surface area contributed by atoms with E-state index in [0.717, 1.165) is 0 Å². The first-order valence-electron chi connectivity index (χ1n) is 5.26. The molecule has 1 saturated heterocycles. The lowest BCUT2D eigenvalue weighted by molar-refractivity contribution is -0.119. The highest BCUT2D eigenvalue weighted by molar-refractivity contribution is 7.89. The number of rotatable bonds is 3. The summed E-state index contributed by atoms with van der Waals surface area (Å²) in [5.41, 5.74) is 0. The molecule has 0 spiro atoms. The van der Waals surface area contributed by atoms with Crippen LogP contribution in [0.3, 0.4) is 0 Å². The molecule has 0 bridgehead atoms. The van der Waals surface area contributed by atoms with Crippen molar-refractivity contribution in [2.75, 3.05) is 13.1 Å². The van der Waals surface area contributed by atoms with Crippen LogP contribution < -0.4 is 5.32 Å². The van der Waals surface area contributed by atoms with Gasteiger partial charge in [-0.05, 0) is 6.42 Å². The maximum Gasteiger partial charge on any atom is 0.246 e. The van der Waals surface area contributed by atoms with Gasteiger partial charge in [-0.2, -0.15) is 9.40 Å². The van der Waals surface area contributed by atoms with E-state index >= 15 is 0 Å². The predicted octanol–water partition coefficient (Wildman–Crippen LogP) is -0.691. The molecule has 1 aliphatic rings. The van der Waals surface area contributed by atoms with E-state index in [9.17, 15) is 13.2 Å². The standard InChI is InChI=1S/C9H14N4O3S/c1-7(14)12-8-2-3-13(6-8)17(15,16)9-4-10-11-5-9/h4-5,8H,2-3,6H2,1H3,(H,10,11)(H,12,14). The Bertz CT molecular complexity index is 496. The van der Waals surface area contributed by atoms with Crippen LogP contribution in [0.4, 0.5) is 0 Å². The minimum Gasteiger partial charge on any atom is -0.352 e. The van der Waals surface area contributed by atoms with Crippen molar-refractivity contribution < 1.29 is 13.2 Å². The van der Waals surface area contributed by atoms with Crippen LogP contribution in [0.2, 0.25) is 0 Å². The van der Waals surface area contributed by atoms with Crippen LogP contribution in [-0.2, 0) is 14.8 Å². The first-order valence-corrected chi connectivity index (χ1v) is 6.70. The van der Waals surface area contributed by atoms with E-state index in [1.54, 1.807) is 0 Å². The molecular weight excluding hydrogens is 244 g/mol. The van der Waals surface area contributed by atoms with Gasteiger partial charge in [0, 0.05) is 32.3 Å². The average molecular weight is 258 g/mol. The number of amides is 1. The minimum atomic E-state index is -3.48. The van der Waals surface area contributed by atoms with E-state index in [2.05, 4.69) is 15.5 Å². The van der Waals surface area contributed by atoms with Gasteiger partial charge in [-0.15, -0.1) is 0 Å². The molecule has 1 unspecified atom stereocenters. The van der Waals surface area contributed by atoms with Crippen molar-refractivity contribution in [2.45, 2.75) is 24.3 Å². The molecule has 17 heavy (non-hydrogen) atoms. The summed E-state index contributed by atoms with van der Waals surface area (Å²) in [7, 11) is -3.48. The molecular formula is C9H14N4O3S. The molecule has 1 amide bonds. The largest absolute Gasteiger partial charge is 0.352 e. The van der Waals surface area contributed by atoms with Crippen molar-refractivity contribution in [3.8, 4) is 0 Å². The number of aromatic nitrogens is 2. The summed E-state index contributed by atoms with van der Waals surface area (Å²) in [6.07, 6.45) is 3.26. The summed E-state index contributed by atoms with van der Waals surface area (Å²) < 4.78 is 25.5. The smallest absolute Gasteiger partial charge is 0.246 e. The number of hydrogen-bond donors (Lipinski definition) is 2. The lowest BCUT2D eigenvalue weighted by Gasteiger charge is -2.15. The van der Waals surface area contributed by atoms with Gasteiger partial charge in [0.05, 0.1) is 6.20 Å². The van der Waals surface area contributed by atoms with Crippen LogP contribution in [0.25, 0.3) is 0 Å². The van der Waals surface area contributed by atoms with E-state index in [-0.39, 0.29) is 16.8 Å². The molecule has 2 heterocycles. The number of carbonyl (C=O) groups is 1. The molecule has 1 fully saturated rings. The van der Waals surface area contributed by atoms with Gasteiger partial charge in [-0.1, -0.05) is 0 Å². The van der Waals surface area contributed by atoms with Crippen LogP contribution in [0.15, 0.2) is 17.3 Å². The van der Waals surface area contributed by atoms with Crippen molar-refractivity contribution in [1.82, 2.24) is 19.8 Å². The van der Waals surface area contributed by atoms with Gasteiger partial charge in [-0.3, -0.25) is 9.89 Å². The Morgan fingerprint density at radius 3 is 3.00 bits per heavy atom. The number of carbonyl (C=O) groups excluding carboxylic acids is 1. The van der Waals surface area contributed by atoms with Crippen LogP contribution >= 0.6 is 0 Å². The van der Waals surface area contributed by atoms with Crippen molar-refractivity contribution in [3.63, 3.8) is 0 Å². The zero-order chi connectivity index (χ0) is 12.5. The molecule has 7 nitrogen and oxygen atoms in total. The number of nitrogens with zero attached hydrogens (tertiary/aromatic N) is 2. The van der Waals surface area contributed by atoms with Crippen molar-refractivity contribution in [3.05, 3.63) is 12.4 Å². The van der Waals surface area contributed by atoms with Crippen molar-refractivity contribution in [2.24, 2.45) is 0 Å². The fourth-order valence-corrected chi connectivity index (χ4v) is 3.29. The molecule has 1 aromatic heterocycles. The highest BCUT2D eigenvalue weighted by atomic mass is 32.2. The van der Waals surface area contributed by atoms with Gasteiger partial charge in [0.25, 0.3) is 0 Å². The van der Waals surface area contributed by atoms with Gasteiger partial charge in [-0.25, -0.2) is 8.42 Å². The first-order chi connectivity index (χ1) is 8.00. The Morgan fingerprint density at radius 1 is 1.65 bits per heavy atom. The second-order valence-corrected chi connectivity index (χ2v) is 5.92. The molecule has 2 rings (SSSR count). The average Bonchev–Trinajstić information content (AvgIpc) is 2.85. The topological polar surface area (TPSA) is 95.2 Å². The minimum absolute atomic E-state index is 0.103. The van der Waals surface area contributed by atoms with Gasteiger partial charge < -0.3 is 5.32 Å². The normalized spacial score (nSPS) is 21.6. The summed E-state index contributed by atoms with van der Waals surface area (Å²) in [6.45, 7) is 2.15. The van der Waals surface area contributed by atoms with E-state index in [1.165, 1.54) is 23.6 Å².